The van der Waals surface area contributed by atoms with Crippen LogP contribution in [0, 0.1) is 5.92 Å². The first-order valence-electron chi connectivity index (χ1n) is 7.60. The van der Waals surface area contributed by atoms with Crippen LogP contribution >= 0.6 is 11.6 Å². The SMILES string of the molecule is CCNC(CC1CCC1)c1cc2c(cc1Cl)OCCO2. The Hall–Kier alpha value is -0.930. The van der Waals surface area contributed by atoms with E-state index in [9.17, 15) is 0 Å². The molecule has 0 radical (unpaired) electrons. The predicted molar refractivity (Wildman–Crippen MR) is 80.8 cm³/mol. The van der Waals surface area contributed by atoms with Crippen molar-refractivity contribution in [2.24, 2.45) is 5.92 Å². The monoisotopic (exact) mass is 295 g/mol. The van der Waals surface area contributed by atoms with E-state index < -0.39 is 0 Å². The normalized spacial score (nSPS) is 19.5. The summed E-state index contributed by atoms with van der Waals surface area (Å²) in [4.78, 5) is 0. The largest absolute Gasteiger partial charge is 0.486 e. The van der Waals surface area contributed by atoms with Crippen molar-refractivity contribution in [3.63, 3.8) is 0 Å². The topological polar surface area (TPSA) is 30.5 Å². The standard InChI is InChI=1S/C16H22ClNO2/c1-2-18-14(8-11-4-3-5-11)12-9-15-16(10-13(12)17)20-7-6-19-15/h9-11,14,18H,2-8H2,1H3. The van der Waals surface area contributed by atoms with Gasteiger partial charge in [-0.3, -0.25) is 0 Å². The average Bonchev–Trinajstić information content (AvgIpc) is 2.41. The zero-order valence-corrected chi connectivity index (χ0v) is 12.7. The summed E-state index contributed by atoms with van der Waals surface area (Å²) in [6.07, 6.45) is 5.24. The summed E-state index contributed by atoms with van der Waals surface area (Å²) in [7, 11) is 0. The molecule has 1 saturated carbocycles. The maximum Gasteiger partial charge on any atom is 0.162 e. The Morgan fingerprint density at radius 2 is 1.95 bits per heavy atom. The van der Waals surface area contributed by atoms with Crippen LogP contribution in [0.1, 0.15) is 44.2 Å². The van der Waals surface area contributed by atoms with Crippen LogP contribution in [0.4, 0.5) is 0 Å². The molecule has 0 amide bonds. The van der Waals surface area contributed by atoms with Gasteiger partial charge in [0.15, 0.2) is 11.5 Å². The molecule has 1 N–H and O–H groups in total. The molecule has 3 rings (SSSR count). The van der Waals surface area contributed by atoms with Crippen molar-refractivity contribution in [3.05, 3.63) is 22.7 Å². The Bertz CT molecular complexity index is 474. The van der Waals surface area contributed by atoms with Crippen molar-refractivity contribution < 1.29 is 9.47 Å². The van der Waals surface area contributed by atoms with Crippen LogP contribution in [0.2, 0.25) is 5.02 Å². The highest BCUT2D eigenvalue weighted by Crippen LogP contribution is 2.41. The molecule has 0 bridgehead atoms. The van der Waals surface area contributed by atoms with Gasteiger partial charge in [0, 0.05) is 17.1 Å². The first kappa shape index (κ1) is 14.0. The fraction of sp³-hybridized carbons (Fsp3) is 0.625. The molecule has 1 aliphatic carbocycles. The van der Waals surface area contributed by atoms with Crippen molar-refractivity contribution in [2.75, 3.05) is 19.8 Å². The summed E-state index contributed by atoms with van der Waals surface area (Å²) in [6, 6.07) is 4.27. The van der Waals surface area contributed by atoms with Crippen LogP contribution in [0.15, 0.2) is 12.1 Å². The lowest BCUT2D eigenvalue weighted by atomic mass is 9.79. The minimum absolute atomic E-state index is 0.314. The Kier molecular flexibility index (Phi) is 4.37. The smallest absolute Gasteiger partial charge is 0.162 e. The number of fused-ring (bicyclic) bond motifs is 1. The average molecular weight is 296 g/mol. The van der Waals surface area contributed by atoms with E-state index in [1.54, 1.807) is 0 Å². The van der Waals surface area contributed by atoms with E-state index >= 15 is 0 Å². The maximum absolute atomic E-state index is 6.46. The summed E-state index contributed by atoms with van der Waals surface area (Å²) in [5.74, 6) is 2.43. The molecule has 1 fully saturated rings. The molecule has 1 unspecified atom stereocenters. The molecule has 1 aromatic rings. The molecule has 20 heavy (non-hydrogen) atoms. The Morgan fingerprint density at radius 3 is 2.55 bits per heavy atom. The third kappa shape index (κ3) is 2.89. The predicted octanol–water partition coefficient (Wildman–Crippen LogP) is 3.95. The maximum atomic E-state index is 6.46. The van der Waals surface area contributed by atoms with E-state index in [2.05, 4.69) is 18.3 Å². The Labute approximate surface area is 125 Å². The molecule has 0 spiro atoms. The minimum atomic E-state index is 0.314. The quantitative estimate of drug-likeness (QED) is 0.892. The fourth-order valence-electron chi connectivity index (χ4n) is 2.98. The third-order valence-corrected chi connectivity index (χ3v) is 4.61. The lowest BCUT2D eigenvalue weighted by molar-refractivity contribution is 0.171. The lowest BCUT2D eigenvalue weighted by Crippen LogP contribution is -2.26. The highest BCUT2D eigenvalue weighted by atomic mass is 35.5. The number of benzene rings is 1. The van der Waals surface area contributed by atoms with Gasteiger partial charge in [-0.15, -0.1) is 0 Å². The van der Waals surface area contributed by atoms with Gasteiger partial charge in [-0.1, -0.05) is 37.8 Å². The molecule has 110 valence electrons. The summed E-state index contributed by atoms with van der Waals surface area (Å²) in [5, 5.41) is 4.34. The van der Waals surface area contributed by atoms with Crippen LogP contribution in [0.5, 0.6) is 11.5 Å². The van der Waals surface area contributed by atoms with Crippen molar-refractivity contribution in [1.29, 1.82) is 0 Å². The number of ether oxygens (including phenoxy) is 2. The second-order valence-corrected chi connectivity index (χ2v) is 6.07. The van der Waals surface area contributed by atoms with E-state index in [1.165, 1.54) is 19.3 Å². The lowest BCUT2D eigenvalue weighted by Gasteiger charge is -2.31. The molecule has 3 nitrogen and oxygen atoms in total. The highest BCUT2D eigenvalue weighted by Gasteiger charge is 2.25. The second kappa shape index (κ2) is 6.23. The first-order chi connectivity index (χ1) is 9.78. The van der Waals surface area contributed by atoms with Crippen LogP contribution < -0.4 is 14.8 Å². The van der Waals surface area contributed by atoms with E-state index in [0.717, 1.165) is 41.0 Å². The zero-order valence-electron chi connectivity index (χ0n) is 12.0. The number of nitrogens with one attached hydrogen (secondary N) is 1. The molecular formula is C16H22ClNO2. The molecule has 1 aliphatic heterocycles. The van der Waals surface area contributed by atoms with Gasteiger partial charge < -0.3 is 14.8 Å². The number of hydrogen-bond donors (Lipinski definition) is 1. The Balaban J connectivity index is 1.84. The molecule has 4 heteroatoms. The Morgan fingerprint density at radius 1 is 1.25 bits per heavy atom. The van der Waals surface area contributed by atoms with Gasteiger partial charge in [0.25, 0.3) is 0 Å². The third-order valence-electron chi connectivity index (χ3n) is 4.28. The summed E-state index contributed by atoms with van der Waals surface area (Å²) in [6.45, 7) is 4.30. The zero-order chi connectivity index (χ0) is 13.9. The molecule has 0 saturated heterocycles. The van der Waals surface area contributed by atoms with E-state index in [1.807, 2.05) is 6.07 Å². The van der Waals surface area contributed by atoms with Gasteiger partial charge in [0.1, 0.15) is 13.2 Å². The van der Waals surface area contributed by atoms with Crippen molar-refractivity contribution in [1.82, 2.24) is 5.32 Å². The van der Waals surface area contributed by atoms with Crippen LogP contribution in [-0.2, 0) is 0 Å². The van der Waals surface area contributed by atoms with Crippen LogP contribution in [0.3, 0.4) is 0 Å². The van der Waals surface area contributed by atoms with Crippen molar-refractivity contribution in [2.45, 2.75) is 38.6 Å². The molecule has 0 aromatic heterocycles. The van der Waals surface area contributed by atoms with Gasteiger partial charge in [-0.25, -0.2) is 0 Å². The molecule has 1 heterocycles. The minimum Gasteiger partial charge on any atom is -0.486 e. The highest BCUT2D eigenvalue weighted by molar-refractivity contribution is 6.31. The fourth-order valence-corrected chi connectivity index (χ4v) is 3.26. The van der Waals surface area contributed by atoms with E-state index in [0.29, 0.717) is 19.3 Å². The van der Waals surface area contributed by atoms with Gasteiger partial charge in [0.2, 0.25) is 0 Å². The molecular weight excluding hydrogens is 274 g/mol. The summed E-state index contributed by atoms with van der Waals surface area (Å²) in [5.41, 5.74) is 1.14. The van der Waals surface area contributed by atoms with E-state index in [4.69, 9.17) is 21.1 Å². The van der Waals surface area contributed by atoms with Gasteiger partial charge in [-0.05, 0) is 30.5 Å². The van der Waals surface area contributed by atoms with Gasteiger partial charge in [-0.2, -0.15) is 0 Å². The van der Waals surface area contributed by atoms with Crippen LogP contribution in [-0.4, -0.2) is 19.8 Å². The first-order valence-corrected chi connectivity index (χ1v) is 7.98. The molecule has 2 aliphatic rings. The number of halogens is 1. The van der Waals surface area contributed by atoms with Crippen molar-refractivity contribution >= 4 is 11.6 Å². The van der Waals surface area contributed by atoms with Gasteiger partial charge >= 0.3 is 0 Å². The second-order valence-electron chi connectivity index (χ2n) is 5.66. The van der Waals surface area contributed by atoms with Crippen molar-refractivity contribution in [3.8, 4) is 11.5 Å². The van der Waals surface area contributed by atoms with Crippen LogP contribution in [0.25, 0.3) is 0 Å². The number of rotatable bonds is 5. The molecule has 1 atom stereocenters. The van der Waals surface area contributed by atoms with E-state index in [-0.39, 0.29) is 0 Å². The number of hydrogen-bond acceptors (Lipinski definition) is 3. The van der Waals surface area contributed by atoms with Gasteiger partial charge in [0.05, 0.1) is 0 Å². The summed E-state index contributed by atoms with van der Waals surface area (Å²) < 4.78 is 11.3. The summed E-state index contributed by atoms with van der Waals surface area (Å²) >= 11 is 6.46. The molecule has 1 aromatic carbocycles.